The Labute approximate surface area is 144 Å². The van der Waals surface area contributed by atoms with E-state index in [1.807, 2.05) is 30.3 Å². The summed E-state index contributed by atoms with van der Waals surface area (Å²) in [6.45, 7) is 2.71. The number of anilines is 1. The van der Waals surface area contributed by atoms with Crippen molar-refractivity contribution in [3.05, 3.63) is 47.5 Å². The summed E-state index contributed by atoms with van der Waals surface area (Å²) >= 11 is 5.90. The standard InChI is InChI=1S/C17H17ClN4O2/c1-2-24-17(23)9-10-19-13-5-8-15-16(11-13)21-22(20-15)14-6-3-12(18)4-7-14/h3-8,11,19H,2,9-10H2,1H3. The zero-order valence-corrected chi connectivity index (χ0v) is 14.0. The Morgan fingerprint density at radius 2 is 1.92 bits per heavy atom. The maximum atomic E-state index is 11.3. The number of halogens is 1. The van der Waals surface area contributed by atoms with Crippen molar-refractivity contribution in [1.29, 1.82) is 0 Å². The first-order valence-corrected chi connectivity index (χ1v) is 8.06. The molecule has 0 bridgehead atoms. The van der Waals surface area contributed by atoms with Crippen LogP contribution in [-0.4, -0.2) is 34.1 Å². The molecule has 0 fully saturated rings. The Hall–Kier alpha value is -2.60. The maximum absolute atomic E-state index is 11.3. The van der Waals surface area contributed by atoms with Crippen LogP contribution >= 0.6 is 11.6 Å². The molecule has 0 atom stereocenters. The summed E-state index contributed by atoms with van der Waals surface area (Å²) in [6.07, 6.45) is 0.323. The molecule has 0 unspecified atom stereocenters. The third-order valence-corrected chi connectivity index (χ3v) is 3.65. The SMILES string of the molecule is CCOC(=O)CCNc1ccc2nn(-c3ccc(Cl)cc3)nc2c1. The molecule has 124 valence electrons. The molecule has 1 heterocycles. The zero-order chi connectivity index (χ0) is 16.9. The van der Waals surface area contributed by atoms with Gasteiger partial charge >= 0.3 is 5.97 Å². The summed E-state index contributed by atoms with van der Waals surface area (Å²) in [6, 6.07) is 13.0. The summed E-state index contributed by atoms with van der Waals surface area (Å²) in [5.41, 5.74) is 3.29. The summed E-state index contributed by atoms with van der Waals surface area (Å²) < 4.78 is 4.90. The molecule has 0 amide bonds. The molecule has 0 aliphatic rings. The summed E-state index contributed by atoms with van der Waals surface area (Å²) in [7, 11) is 0. The van der Waals surface area contributed by atoms with Gasteiger partial charge in [-0.15, -0.1) is 10.2 Å². The van der Waals surface area contributed by atoms with Crippen molar-refractivity contribution in [2.75, 3.05) is 18.5 Å². The summed E-state index contributed by atoms with van der Waals surface area (Å²) in [5, 5.41) is 12.8. The van der Waals surface area contributed by atoms with Gasteiger partial charge in [0.15, 0.2) is 0 Å². The first-order chi connectivity index (χ1) is 11.7. The van der Waals surface area contributed by atoms with E-state index in [1.165, 1.54) is 0 Å². The van der Waals surface area contributed by atoms with Crippen molar-refractivity contribution >= 4 is 34.3 Å². The van der Waals surface area contributed by atoms with Crippen LogP contribution in [0, 0.1) is 0 Å². The van der Waals surface area contributed by atoms with Crippen LogP contribution in [-0.2, 0) is 9.53 Å². The molecular formula is C17H17ClN4O2. The number of aromatic nitrogens is 3. The number of hydrogen-bond donors (Lipinski definition) is 1. The Kier molecular flexibility index (Phi) is 4.96. The Morgan fingerprint density at radius 3 is 2.67 bits per heavy atom. The van der Waals surface area contributed by atoms with E-state index in [2.05, 4.69) is 15.5 Å². The van der Waals surface area contributed by atoms with Crippen molar-refractivity contribution < 1.29 is 9.53 Å². The van der Waals surface area contributed by atoms with Crippen LogP contribution in [0.25, 0.3) is 16.7 Å². The topological polar surface area (TPSA) is 69.0 Å². The van der Waals surface area contributed by atoms with Crippen molar-refractivity contribution in [3.8, 4) is 5.69 Å². The number of fused-ring (bicyclic) bond motifs is 1. The lowest BCUT2D eigenvalue weighted by Gasteiger charge is -2.05. The van der Waals surface area contributed by atoms with E-state index in [9.17, 15) is 4.79 Å². The number of esters is 1. The highest BCUT2D eigenvalue weighted by atomic mass is 35.5. The molecule has 3 rings (SSSR count). The van der Waals surface area contributed by atoms with Gasteiger partial charge in [-0.25, -0.2) is 0 Å². The summed E-state index contributed by atoms with van der Waals surface area (Å²) in [5.74, 6) is -0.209. The van der Waals surface area contributed by atoms with Crippen molar-refractivity contribution in [1.82, 2.24) is 15.0 Å². The molecule has 0 saturated carbocycles. The van der Waals surface area contributed by atoms with Gasteiger partial charge in [0.2, 0.25) is 0 Å². The average molecular weight is 345 g/mol. The second-order valence-corrected chi connectivity index (χ2v) is 5.59. The van der Waals surface area contributed by atoms with Gasteiger partial charge in [0.25, 0.3) is 0 Å². The van der Waals surface area contributed by atoms with Crippen molar-refractivity contribution in [2.45, 2.75) is 13.3 Å². The van der Waals surface area contributed by atoms with E-state index in [-0.39, 0.29) is 5.97 Å². The molecule has 0 spiro atoms. The molecule has 0 radical (unpaired) electrons. The second kappa shape index (κ2) is 7.31. The first-order valence-electron chi connectivity index (χ1n) is 7.68. The normalized spacial score (nSPS) is 10.8. The van der Waals surface area contributed by atoms with E-state index >= 15 is 0 Å². The number of nitrogens with zero attached hydrogens (tertiary/aromatic N) is 3. The van der Waals surface area contributed by atoms with Crippen molar-refractivity contribution in [3.63, 3.8) is 0 Å². The fourth-order valence-corrected chi connectivity index (χ4v) is 2.38. The third kappa shape index (κ3) is 3.83. The van der Waals surface area contributed by atoms with E-state index in [1.54, 1.807) is 23.9 Å². The third-order valence-electron chi connectivity index (χ3n) is 3.40. The lowest BCUT2D eigenvalue weighted by Crippen LogP contribution is -2.11. The molecule has 0 aliphatic heterocycles. The van der Waals surface area contributed by atoms with Crippen LogP contribution < -0.4 is 5.32 Å². The Balaban J connectivity index is 1.72. The Bertz CT molecular complexity index is 845. The van der Waals surface area contributed by atoms with Crippen LogP contribution in [0.4, 0.5) is 5.69 Å². The monoisotopic (exact) mass is 344 g/mol. The Morgan fingerprint density at radius 1 is 1.17 bits per heavy atom. The highest BCUT2D eigenvalue weighted by Crippen LogP contribution is 2.18. The van der Waals surface area contributed by atoms with Gasteiger partial charge in [0, 0.05) is 17.3 Å². The van der Waals surface area contributed by atoms with Gasteiger partial charge < -0.3 is 10.1 Å². The van der Waals surface area contributed by atoms with Gasteiger partial charge in [-0.1, -0.05) is 11.6 Å². The quantitative estimate of drug-likeness (QED) is 0.694. The second-order valence-electron chi connectivity index (χ2n) is 5.15. The molecule has 6 nitrogen and oxygen atoms in total. The fraction of sp³-hybridized carbons (Fsp3) is 0.235. The number of ether oxygens (including phenoxy) is 1. The van der Waals surface area contributed by atoms with Gasteiger partial charge in [0.1, 0.15) is 11.0 Å². The number of carbonyl (C=O) groups excluding carboxylic acids is 1. The van der Waals surface area contributed by atoms with Crippen LogP contribution in [0.3, 0.4) is 0 Å². The molecule has 0 aliphatic carbocycles. The minimum Gasteiger partial charge on any atom is -0.466 e. The van der Waals surface area contributed by atoms with Crippen LogP contribution in [0.1, 0.15) is 13.3 Å². The number of carbonyl (C=O) groups is 1. The molecule has 1 aromatic heterocycles. The highest BCUT2D eigenvalue weighted by molar-refractivity contribution is 6.30. The molecular weight excluding hydrogens is 328 g/mol. The smallest absolute Gasteiger partial charge is 0.307 e. The lowest BCUT2D eigenvalue weighted by atomic mass is 10.2. The molecule has 2 aromatic carbocycles. The molecule has 0 saturated heterocycles. The number of benzene rings is 2. The summed E-state index contributed by atoms with van der Waals surface area (Å²) in [4.78, 5) is 12.9. The van der Waals surface area contributed by atoms with Crippen LogP contribution in [0.5, 0.6) is 0 Å². The lowest BCUT2D eigenvalue weighted by molar-refractivity contribution is -0.142. The minimum atomic E-state index is -0.209. The van der Waals surface area contributed by atoms with Crippen LogP contribution in [0.15, 0.2) is 42.5 Å². The largest absolute Gasteiger partial charge is 0.466 e. The molecule has 1 N–H and O–H groups in total. The van der Waals surface area contributed by atoms with Gasteiger partial charge in [-0.3, -0.25) is 4.79 Å². The highest BCUT2D eigenvalue weighted by Gasteiger charge is 2.06. The minimum absolute atomic E-state index is 0.209. The van der Waals surface area contributed by atoms with Crippen LogP contribution in [0.2, 0.25) is 5.02 Å². The predicted octanol–water partition coefficient (Wildman–Crippen LogP) is 3.44. The van der Waals surface area contributed by atoms with Gasteiger partial charge in [-0.05, 0) is 49.4 Å². The predicted molar refractivity (Wildman–Crippen MR) is 93.6 cm³/mol. The zero-order valence-electron chi connectivity index (χ0n) is 13.2. The van der Waals surface area contributed by atoms with E-state index in [0.717, 1.165) is 22.4 Å². The maximum Gasteiger partial charge on any atom is 0.307 e. The average Bonchev–Trinajstić information content (AvgIpc) is 2.99. The number of hydrogen-bond acceptors (Lipinski definition) is 5. The number of nitrogens with one attached hydrogen (secondary N) is 1. The molecule has 24 heavy (non-hydrogen) atoms. The molecule has 7 heteroatoms. The fourth-order valence-electron chi connectivity index (χ4n) is 2.26. The first kappa shape index (κ1) is 16.3. The molecule has 3 aromatic rings. The van der Waals surface area contributed by atoms with E-state index < -0.39 is 0 Å². The van der Waals surface area contributed by atoms with Crippen molar-refractivity contribution in [2.24, 2.45) is 0 Å². The van der Waals surface area contributed by atoms with E-state index in [0.29, 0.717) is 24.6 Å². The number of rotatable bonds is 6. The van der Waals surface area contributed by atoms with Gasteiger partial charge in [-0.2, -0.15) is 4.80 Å². The van der Waals surface area contributed by atoms with E-state index in [4.69, 9.17) is 16.3 Å². The van der Waals surface area contributed by atoms with Gasteiger partial charge in [0.05, 0.1) is 18.7 Å².